The normalized spacial score (nSPS) is 12.0. The lowest BCUT2D eigenvalue weighted by Crippen LogP contribution is -2.03. The van der Waals surface area contributed by atoms with Gasteiger partial charge in [-0.15, -0.1) is 0 Å². The Morgan fingerprint density at radius 2 is 1.90 bits per heavy atom. The largest absolute Gasteiger partial charge is 0.496 e. The van der Waals surface area contributed by atoms with Gasteiger partial charge in [-0.25, -0.2) is 0 Å². The molecule has 1 N–H and O–H groups in total. The van der Waals surface area contributed by atoms with Crippen LogP contribution in [-0.4, -0.2) is 12.2 Å². The number of methoxy groups -OCH3 is 1. The first-order chi connectivity index (χ1) is 10.2. The van der Waals surface area contributed by atoms with E-state index in [0.29, 0.717) is 18.8 Å². The number of aliphatic hydroxyl groups excluding tert-OH is 1. The molecule has 0 saturated carbocycles. The Kier molecular flexibility index (Phi) is 5.65. The highest BCUT2D eigenvalue weighted by molar-refractivity contribution is 9.10. The molecule has 0 aliphatic heterocycles. The zero-order valence-corrected chi connectivity index (χ0v) is 13.8. The molecule has 0 aliphatic rings. The first-order valence-corrected chi connectivity index (χ1v) is 7.67. The van der Waals surface area contributed by atoms with Gasteiger partial charge in [-0.1, -0.05) is 41.1 Å². The van der Waals surface area contributed by atoms with E-state index in [1.807, 2.05) is 49.4 Å². The molecule has 0 heterocycles. The van der Waals surface area contributed by atoms with Crippen molar-refractivity contribution >= 4 is 15.9 Å². The Morgan fingerprint density at radius 3 is 2.62 bits per heavy atom. The summed E-state index contributed by atoms with van der Waals surface area (Å²) in [6.45, 7) is 2.33. The van der Waals surface area contributed by atoms with Crippen molar-refractivity contribution < 1.29 is 14.6 Å². The number of benzene rings is 2. The molecule has 2 rings (SSSR count). The minimum absolute atomic E-state index is 0.385. The number of hydrogen-bond acceptors (Lipinski definition) is 3. The van der Waals surface area contributed by atoms with Crippen molar-refractivity contribution in [2.75, 3.05) is 7.11 Å². The lowest BCUT2D eigenvalue weighted by atomic mass is 10.1. The molecule has 0 aliphatic carbocycles. The minimum Gasteiger partial charge on any atom is -0.496 e. The second-order valence-corrected chi connectivity index (χ2v) is 5.62. The van der Waals surface area contributed by atoms with E-state index in [1.54, 1.807) is 7.11 Å². The lowest BCUT2D eigenvalue weighted by molar-refractivity contribution is 0.166. The quantitative estimate of drug-likeness (QED) is 0.834. The van der Waals surface area contributed by atoms with Crippen LogP contribution in [0.5, 0.6) is 11.5 Å². The van der Waals surface area contributed by atoms with Crippen molar-refractivity contribution in [3.63, 3.8) is 0 Å². The van der Waals surface area contributed by atoms with E-state index in [4.69, 9.17) is 9.47 Å². The van der Waals surface area contributed by atoms with Gasteiger partial charge in [-0.05, 0) is 30.7 Å². The number of hydrogen-bond donors (Lipinski definition) is 1. The zero-order chi connectivity index (χ0) is 15.2. The summed E-state index contributed by atoms with van der Waals surface area (Å²) in [6, 6.07) is 13.4. The topological polar surface area (TPSA) is 38.7 Å². The lowest BCUT2D eigenvalue weighted by Gasteiger charge is -2.16. The third-order valence-corrected chi connectivity index (χ3v) is 3.78. The van der Waals surface area contributed by atoms with Crippen molar-refractivity contribution in [1.82, 2.24) is 0 Å². The molecule has 0 amide bonds. The molecule has 2 aromatic rings. The number of halogens is 1. The molecule has 3 nitrogen and oxygen atoms in total. The summed E-state index contributed by atoms with van der Waals surface area (Å²) in [5.41, 5.74) is 1.77. The van der Waals surface area contributed by atoms with Crippen molar-refractivity contribution in [1.29, 1.82) is 0 Å². The summed E-state index contributed by atoms with van der Waals surface area (Å²) in [5, 5.41) is 10.0. The zero-order valence-electron chi connectivity index (χ0n) is 12.2. The van der Waals surface area contributed by atoms with Gasteiger partial charge >= 0.3 is 0 Å². The fourth-order valence-corrected chi connectivity index (χ4v) is 2.53. The molecule has 1 atom stereocenters. The van der Waals surface area contributed by atoms with E-state index >= 15 is 0 Å². The van der Waals surface area contributed by atoms with Crippen molar-refractivity contribution in [2.24, 2.45) is 0 Å². The van der Waals surface area contributed by atoms with E-state index in [0.717, 1.165) is 21.3 Å². The summed E-state index contributed by atoms with van der Waals surface area (Å²) in [7, 11) is 1.64. The number of ether oxygens (including phenoxy) is 2. The summed E-state index contributed by atoms with van der Waals surface area (Å²) < 4.78 is 12.2. The number of rotatable bonds is 6. The maximum Gasteiger partial charge on any atom is 0.125 e. The van der Waals surface area contributed by atoms with Crippen LogP contribution in [0.1, 0.15) is 30.6 Å². The third kappa shape index (κ3) is 3.99. The average Bonchev–Trinajstić information content (AvgIpc) is 2.52. The summed E-state index contributed by atoms with van der Waals surface area (Å²) in [4.78, 5) is 0. The monoisotopic (exact) mass is 350 g/mol. The van der Waals surface area contributed by atoms with Crippen molar-refractivity contribution in [2.45, 2.75) is 26.1 Å². The summed E-state index contributed by atoms with van der Waals surface area (Å²) >= 11 is 3.45. The van der Waals surface area contributed by atoms with E-state index in [-0.39, 0.29) is 0 Å². The van der Waals surface area contributed by atoms with Crippen LogP contribution in [0, 0.1) is 0 Å². The van der Waals surface area contributed by atoms with E-state index in [9.17, 15) is 5.11 Å². The molecular weight excluding hydrogens is 332 g/mol. The van der Waals surface area contributed by atoms with Gasteiger partial charge in [-0.2, -0.15) is 0 Å². The van der Waals surface area contributed by atoms with Gasteiger partial charge < -0.3 is 14.6 Å². The highest BCUT2D eigenvalue weighted by Gasteiger charge is 2.12. The van der Waals surface area contributed by atoms with Crippen LogP contribution in [0.2, 0.25) is 0 Å². The molecule has 0 radical (unpaired) electrons. The molecule has 0 spiro atoms. The second kappa shape index (κ2) is 7.48. The summed E-state index contributed by atoms with van der Waals surface area (Å²) in [5.74, 6) is 1.49. The Bertz CT molecular complexity index is 598. The van der Waals surface area contributed by atoms with Gasteiger partial charge in [0.1, 0.15) is 18.1 Å². The van der Waals surface area contributed by atoms with E-state index in [2.05, 4.69) is 15.9 Å². The van der Waals surface area contributed by atoms with Gasteiger partial charge in [0.25, 0.3) is 0 Å². The minimum atomic E-state index is -0.509. The molecule has 112 valence electrons. The van der Waals surface area contributed by atoms with Gasteiger partial charge in [-0.3, -0.25) is 0 Å². The van der Waals surface area contributed by atoms with Gasteiger partial charge in [0.15, 0.2) is 0 Å². The van der Waals surface area contributed by atoms with Gasteiger partial charge in [0, 0.05) is 15.6 Å². The van der Waals surface area contributed by atoms with Crippen molar-refractivity contribution in [3.05, 3.63) is 58.1 Å². The fraction of sp³-hybridized carbons (Fsp3) is 0.294. The predicted molar refractivity (Wildman–Crippen MR) is 86.7 cm³/mol. The molecule has 2 aromatic carbocycles. The Morgan fingerprint density at radius 1 is 1.14 bits per heavy atom. The first-order valence-electron chi connectivity index (χ1n) is 6.88. The second-order valence-electron chi connectivity index (χ2n) is 4.71. The Labute approximate surface area is 133 Å². The van der Waals surface area contributed by atoms with Crippen LogP contribution in [0.4, 0.5) is 0 Å². The van der Waals surface area contributed by atoms with Crippen LogP contribution in [0.25, 0.3) is 0 Å². The van der Waals surface area contributed by atoms with Crippen LogP contribution in [0.15, 0.2) is 46.9 Å². The van der Waals surface area contributed by atoms with E-state index in [1.165, 1.54) is 0 Å². The maximum absolute atomic E-state index is 10.0. The van der Waals surface area contributed by atoms with Gasteiger partial charge in [0.05, 0.1) is 13.2 Å². The predicted octanol–water partition coefficient (Wildman–Crippen LogP) is 4.48. The average molecular weight is 351 g/mol. The SMILES string of the molecule is CC[C@@H](O)c1ccccc1OCc1cc(Br)ccc1OC. The summed E-state index contributed by atoms with van der Waals surface area (Å²) in [6.07, 6.45) is 0.145. The molecule has 0 fully saturated rings. The standard InChI is InChI=1S/C17H19BrO3/c1-3-15(19)14-6-4-5-7-17(14)21-11-12-10-13(18)8-9-16(12)20-2/h4-10,15,19H,3,11H2,1-2H3/t15-/m1/s1. The molecular formula is C17H19BrO3. The third-order valence-electron chi connectivity index (χ3n) is 3.29. The first kappa shape index (κ1) is 15.9. The Balaban J connectivity index is 2.19. The fourth-order valence-electron chi connectivity index (χ4n) is 2.12. The molecule has 0 saturated heterocycles. The van der Waals surface area contributed by atoms with Crippen molar-refractivity contribution in [3.8, 4) is 11.5 Å². The van der Waals surface area contributed by atoms with Gasteiger partial charge in [0.2, 0.25) is 0 Å². The molecule has 21 heavy (non-hydrogen) atoms. The molecule has 4 heteroatoms. The van der Waals surface area contributed by atoms with Crippen LogP contribution in [-0.2, 0) is 6.61 Å². The number of aliphatic hydroxyl groups is 1. The highest BCUT2D eigenvalue weighted by Crippen LogP contribution is 2.29. The van der Waals surface area contributed by atoms with Crippen LogP contribution in [0.3, 0.4) is 0 Å². The van der Waals surface area contributed by atoms with Crippen LogP contribution >= 0.6 is 15.9 Å². The number of para-hydroxylation sites is 1. The molecule has 0 aromatic heterocycles. The van der Waals surface area contributed by atoms with E-state index < -0.39 is 6.10 Å². The molecule has 0 unspecified atom stereocenters. The highest BCUT2D eigenvalue weighted by atomic mass is 79.9. The van der Waals surface area contributed by atoms with Crippen LogP contribution < -0.4 is 9.47 Å². The smallest absolute Gasteiger partial charge is 0.125 e. The molecule has 0 bridgehead atoms. The maximum atomic E-state index is 10.0. The Hall–Kier alpha value is -1.52.